The largest absolute Gasteiger partial charge is 0.462 e. The third kappa shape index (κ3) is 4.99. The minimum Gasteiger partial charge on any atom is -0.462 e. The molecule has 1 atom stereocenters. The average molecular weight is 354 g/mol. The molecule has 0 amide bonds. The van der Waals surface area contributed by atoms with Crippen LogP contribution in [0.25, 0.3) is 0 Å². The Kier molecular flexibility index (Phi) is 5.89. The molecule has 0 saturated carbocycles. The van der Waals surface area contributed by atoms with Crippen molar-refractivity contribution in [1.29, 1.82) is 0 Å². The third-order valence-electron chi connectivity index (χ3n) is 6.53. The highest BCUT2D eigenvalue weighted by molar-refractivity contribution is 5.77. The molecule has 1 aliphatic rings. The van der Waals surface area contributed by atoms with Gasteiger partial charge < -0.3 is 4.74 Å². The summed E-state index contributed by atoms with van der Waals surface area (Å²) >= 11 is 0. The Morgan fingerprint density at radius 3 is 1.68 bits per heavy atom. The fourth-order valence-electron chi connectivity index (χ4n) is 4.35. The fraction of sp³-hybridized carbons (Fsp3) is 0.955. The monoisotopic (exact) mass is 353 g/mol. The van der Waals surface area contributed by atoms with E-state index in [-0.39, 0.29) is 34.0 Å². The summed E-state index contributed by atoms with van der Waals surface area (Å²) in [6, 6.07) is 0. The van der Waals surface area contributed by atoms with Crippen LogP contribution in [0.3, 0.4) is 0 Å². The lowest BCUT2D eigenvalue weighted by Gasteiger charge is -2.53. The number of hydrogen-bond acceptors (Lipinski definition) is 3. The summed E-state index contributed by atoms with van der Waals surface area (Å²) in [5.41, 5.74) is -0.521. The van der Waals surface area contributed by atoms with Crippen LogP contribution < -0.4 is 0 Å². The first-order valence-electron chi connectivity index (χ1n) is 9.77. The predicted octanol–water partition coefficient (Wildman–Crippen LogP) is 5.67. The highest BCUT2D eigenvalue weighted by atomic mass is 16.5. The summed E-state index contributed by atoms with van der Waals surface area (Å²) in [5, 5.41) is 0. The lowest BCUT2D eigenvalue weighted by molar-refractivity contribution is -0.179. The van der Waals surface area contributed by atoms with E-state index in [2.05, 4.69) is 88.1 Å². The van der Waals surface area contributed by atoms with E-state index in [0.717, 1.165) is 19.3 Å². The Hall–Kier alpha value is -0.570. The number of carbonyl (C=O) groups excluding carboxylic acids is 1. The lowest BCUT2D eigenvalue weighted by Crippen LogP contribution is -2.60. The lowest BCUT2D eigenvalue weighted by atomic mass is 9.61. The van der Waals surface area contributed by atoms with Crippen LogP contribution in [0.1, 0.15) is 95.4 Å². The SMILES string of the molecule is CN1C(C)(C)CC(OC(=O)C(C)(CC(C)(C)C)C(C)(C)C)CC1(C)C. The molecule has 25 heavy (non-hydrogen) atoms. The minimum atomic E-state index is -0.497. The van der Waals surface area contributed by atoms with Crippen molar-refractivity contribution in [1.82, 2.24) is 4.90 Å². The van der Waals surface area contributed by atoms with Crippen LogP contribution in [0.15, 0.2) is 0 Å². The summed E-state index contributed by atoms with van der Waals surface area (Å²) in [7, 11) is 2.18. The molecule has 3 nitrogen and oxygen atoms in total. The van der Waals surface area contributed by atoms with Crippen LogP contribution in [-0.2, 0) is 9.53 Å². The fourth-order valence-corrected chi connectivity index (χ4v) is 4.35. The van der Waals surface area contributed by atoms with Crippen LogP contribution in [0.4, 0.5) is 0 Å². The molecule has 1 fully saturated rings. The molecule has 3 heteroatoms. The van der Waals surface area contributed by atoms with Crippen molar-refractivity contribution in [2.24, 2.45) is 16.2 Å². The van der Waals surface area contributed by atoms with Crippen LogP contribution in [0.5, 0.6) is 0 Å². The molecule has 0 bridgehead atoms. The Morgan fingerprint density at radius 1 is 0.960 bits per heavy atom. The maximum atomic E-state index is 13.3. The molecule has 0 radical (unpaired) electrons. The number of piperidine rings is 1. The van der Waals surface area contributed by atoms with Gasteiger partial charge >= 0.3 is 5.97 Å². The number of ether oxygens (including phenoxy) is 1. The van der Waals surface area contributed by atoms with Gasteiger partial charge in [0.25, 0.3) is 0 Å². The molecular weight excluding hydrogens is 310 g/mol. The number of hydrogen-bond donors (Lipinski definition) is 0. The second kappa shape index (κ2) is 6.55. The van der Waals surface area contributed by atoms with E-state index in [1.165, 1.54) is 0 Å². The molecule has 0 aliphatic carbocycles. The van der Waals surface area contributed by atoms with Crippen LogP contribution in [0, 0.1) is 16.2 Å². The molecule has 0 N–H and O–H groups in total. The summed E-state index contributed by atoms with van der Waals surface area (Å²) in [4.78, 5) is 15.7. The number of carbonyl (C=O) groups is 1. The van der Waals surface area contributed by atoms with Gasteiger partial charge in [0, 0.05) is 23.9 Å². The molecule has 0 aromatic heterocycles. The molecule has 0 spiro atoms. The quantitative estimate of drug-likeness (QED) is 0.612. The van der Waals surface area contributed by atoms with Gasteiger partial charge in [-0.15, -0.1) is 0 Å². The number of likely N-dealkylation sites (tertiary alicyclic amines) is 1. The van der Waals surface area contributed by atoms with E-state index >= 15 is 0 Å². The minimum absolute atomic E-state index is 0.0182. The maximum absolute atomic E-state index is 13.3. The van der Waals surface area contributed by atoms with Crippen molar-refractivity contribution >= 4 is 5.97 Å². The van der Waals surface area contributed by atoms with Crippen molar-refractivity contribution in [3.8, 4) is 0 Å². The first-order valence-corrected chi connectivity index (χ1v) is 9.77. The number of nitrogens with zero attached hydrogens (tertiary/aromatic N) is 1. The molecule has 1 unspecified atom stereocenters. The first kappa shape index (κ1) is 22.5. The van der Waals surface area contributed by atoms with Crippen molar-refractivity contribution in [3.05, 3.63) is 0 Å². The Labute approximate surface area is 156 Å². The smallest absolute Gasteiger partial charge is 0.312 e. The molecule has 0 aromatic rings. The number of rotatable bonds is 3. The highest BCUT2D eigenvalue weighted by Crippen LogP contribution is 2.48. The molecule has 1 aliphatic heterocycles. The van der Waals surface area contributed by atoms with Gasteiger partial charge in [0.15, 0.2) is 0 Å². The standard InChI is InChI=1S/C22H43NO2/c1-18(2,3)15-22(11,19(4,5)6)17(24)25-16-13-20(7,8)23(12)21(9,10)14-16/h16H,13-15H2,1-12H3. The van der Waals surface area contributed by atoms with Crippen molar-refractivity contribution < 1.29 is 9.53 Å². The number of esters is 1. The van der Waals surface area contributed by atoms with E-state index in [4.69, 9.17) is 4.74 Å². The van der Waals surface area contributed by atoms with Crippen molar-refractivity contribution in [3.63, 3.8) is 0 Å². The zero-order chi connectivity index (χ0) is 20.1. The second-order valence-corrected chi connectivity index (χ2v) is 11.9. The van der Waals surface area contributed by atoms with Gasteiger partial charge in [0.05, 0.1) is 5.41 Å². The van der Waals surface area contributed by atoms with E-state index in [1.54, 1.807) is 0 Å². The van der Waals surface area contributed by atoms with E-state index < -0.39 is 5.41 Å². The summed E-state index contributed by atoms with van der Waals surface area (Å²) in [6.45, 7) is 24.1. The summed E-state index contributed by atoms with van der Waals surface area (Å²) < 4.78 is 6.18. The first-order chi connectivity index (χ1) is 10.8. The van der Waals surface area contributed by atoms with Gasteiger partial charge in [-0.05, 0) is 58.9 Å². The second-order valence-electron chi connectivity index (χ2n) is 11.9. The Morgan fingerprint density at radius 2 is 1.36 bits per heavy atom. The van der Waals surface area contributed by atoms with E-state index in [0.29, 0.717) is 0 Å². The van der Waals surface area contributed by atoms with Crippen LogP contribution in [-0.4, -0.2) is 35.1 Å². The molecule has 1 saturated heterocycles. The topological polar surface area (TPSA) is 29.5 Å². The molecule has 0 aromatic carbocycles. The molecule has 1 rings (SSSR count). The molecule has 1 heterocycles. The predicted molar refractivity (Wildman–Crippen MR) is 107 cm³/mol. The van der Waals surface area contributed by atoms with Gasteiger partial charge in [0.1, 0.15) is 6.10 Å². The summed E-state index contributed by atoms with van der Waals surface area (Å²) in [5.74, 6) is -0.0314. The van der Waals surface area contributed by atoms with Gasteiger partial charge in [0.2, 0.25) is 0 Å². The van der Waals surface area contributed by atoms with Crippen LogP contribution in [0.2, 0.25) is 0 Å². The van der Waals surface area contributed by atoms with Crippen molar-refractivity contribution in [2.75, 3.05) is 7.05 Å². The normalized spacial score (nSPS) is 24.6. The molecular formula is C22H43NO2. The maximum Gasteiger partial charge on any atom is 0.312 e. The van der Waals surface area contributed by atoms with Gasteiger partial charge in [-0.3, -0.25) is 9.69 Å². The Balaban J connectivity index is 3.05. The third-order valence-corrected chi connectivity index (χ3v) is 6.53. The van der Waals surface area contributed by atoms with E-state index in [1.807, 2.05) is 0 Å². The summed E-state index contributed by atoms with van der Waals surface area (Å²) in [6.07, 6.45) is 2.57. The van der Waals surface area contributed by atoms with Gasteiger partial charge in [-0.25, -0.2) is 0 Å². The zero-order valence-corrected chi connectivity index (χ0v) is 19.0. The zero-order valence-electron chi connectivity index (χ0n) is 19.0. The molecule has 148 valence electrons. The van der Waals surface area contributed by atoms with Crippen molar-refractivity contribution in [2.45, 2.75) is 113 Å². The average Bonchev–Trinajstić information content (AvgIpc) is 2.31. The van der Waals surface area contributed by atoms with Gasteiger partial charge in [-0.2, -0.15) is 0 Å². The van der Waals surface area contributed by atoms with Crippen LogP contribution >= 0.6 is 0 Å². The highest BCUT2D eigenvalue weighted by Gasteiger charge is 2.50. The Bertz CT molecular complexity index is 475. The van der Waals surface area contributed by atoms with Gasteiger partial charge in [-0.1, -0.05) is 41.5 Å². The van der Waals surface area contributed by atoms with E-state index in [9.17, 15) is 4.79 Å².